The van der Waals surface area contributed by atoms with Crippen LogP contribution in [0.15, 0.2) is 24.3 Å². The first-order valence-electron chi connectivity index (χ1n) is 8.55. The molecular weight excluding hydrogens is 242 g/mol. The summed E-state index contributed by atoms with van der Waals surface area (Å²) in [6, 6.07) is 10.3. The Kier molecular flexibility index (Phi) is 6.09. The molecule has 0 saturated heterocycles. The first-order chi connectivity index (χ1) is 9.70. The van der Waals surface area contributed by atoms with E-state index in [0.29, 0.717) is 12.1 Å². The van der Waals surface area contributed by atoms with Crippen LogP contribution in [0.4, 0.5) is 0 Å². The largest absolute Gasteiger partial charge is 0.307 e. The smallest absolute Gasteiger partial charge is 0.0294 e. The predicted octanol–water partition coefficient (Wildman–Crippen LogP) is 5.26. The highest BCUT2D eigenvalue weighted by Gasteiger charge is 2.22. The Morgan fingerprint density at radius 2 is 1.75 bits per heavy atom. The Balaban J connectivity index is 1.86. The van der Waals surface area contributed by atoms with E-state index in [0.717, 1.165) is 5.92 Å². The Hall–Kier alpha value is -0.820. The molecule has 1 fully saturated rings. The van der Waals surface area contributed by atoms with Gasteiger partial charge in [0.25, 0.3) is 0 Å². The molecule has 1 aliphatic carbocycles. The molecule has 1 heteroatoms. The SMILES string of the molecule is CCCCc1ccc(C(C)NC(C)C2CCCC2)cc1. The van der Waals surface area contributed by atoms with Gasteiger partial charge in [0.1, 0.15) is 0 Å². The number of hydrogen-bond donors (Lipinski definition) is 1. The standard InChI is InChI=1S/C19H31N/c1-4-5-8-17-11-13-19(14-12-17)16(3)20-15(2)18-9-6-7-10-18/h11-16,18,20H,4-10H2,1-3H3. The molecule has 112 valence electrons. The zero-order valence-corrected chi connectivity index (χ0v) is 13.5. The summed E-state index contributed by atoms with van der Waals surface area (Å²) in [5.41, 5.74) is 2.90. The Morgan fingerprint density at radius 3 is 2.35 bits per heavy atom. The molecule has 20 heavy (non-hydrogen) atoms. The van der Waals surface area contributed by atoms with Crippen molar-refractivity contribution >= 4 is 0 Å². The summed E-state index contributed by atoms with van der Waals surface area (Å²) in [6.07, 6.45) is 9.48. The molecule has 0 heterocycles. The summed E-state index contributed by atoms with van der Waals surface area (Å²) in [7, 11) is 0. The van der Waals surface area contributed by atoms with Crippen molar-refractivity contribution < 1.29 is 0 Å². The van der Waals surface area contributed by atoms with Gasteiger partial charge in [0.2, 0.25) is 0 Å². The van der Waals surface area contributed by atoms with Crippen LogP contribution in [0.2, 0.25) is 0 Å². The van der Waals surface area contributed by atoms with E-state index in [9.17, 15) is 0 Å². The summed E-state index contributed by atoms with van der Waals surface area (Å²) in [5, 5.41) is 3.80. The maximum absolute atomic E-state index is 3.80. The molecule has 0 amide bonds. The van der Waals surface area contributed by atoms with Crippen LogP contribution >= 0.6 is 0 Å². The van der Waals surface area contributed by atoms with Crippen LogP contribution in [-0.2, 0) is 6.42 Å². The van der Waals surface area contributed by atoms with E-state index >= 15 is 0 Å². The quantitative estimate of drug-likeness (QED) is 0.714. The van der Waals surface area contributed by atoms with Gasteiger partial charge in [0.15, 0.2) is 0 Å². The van der Waals surface area contributed by atoms with Crippen LogP contribution in [0, 0.1) is 5.92 Å². The van der Waals surface area contributed by atoms with Gasteiger partial charge in [-0.3, -0.25) is 0 Å². The van der Waals surface area contributed by atoms with Gasteiger partial charge in [-0.1, -0.05) is 50.5 Å². The van der Waals surface area contributed by atoms with Crippen LogP contribution in [-0.4, -0.2) is 6.04 Å². The predicted molar refractivity (Wildman–Crippen MR) is 88.0 cm³/mol. The highest BCUT2D eigenvalue weighted by atomic mass is 14.9. The first-order valence-corrected chi connectivity index (χ1v) is 8.55. The number of unbranched alkanes of at least 4 members (excludes halogenated alkanes) is 1. The molecule has 0 aromatic heterocycles. The van der Waals surface area contributed by atoms with E-state index in [1.54, 1.807) is 0 Å². The molecule has 1 aliphatic rings. The summed E-state index contributed by atoms with van der Waals surface area (Å²) in [4.78, 5) is 0. The van der Waals surface area contributed by atoms with Crippen molar-refractivity contribution in [3.8, 4) is 0 Å². The molecule has 2 rings (SSSR count). The Labute approximate surface area is 125 Å². The molecular formula is C19H31N. The van der Waals surface area contributed by atoms with Crippen molar-refractivity contribution in [1.29, 1.82) is 0 Å². The molecule has 0 bridgehead atoms. The van der Waals surface area contributed by atoms with Crippen LogP contribution < -0.4 is 5.32 Å². The number of aryl methyl sites for hydroxylation is 1. The van der Waals surface area contributed by atoms with E-state index in [1.807, 2.05) is 0 Å². The van der Waals surface area contributed by atoms with Crippen molar-refractivity contribution in [3.05, 3.63) is 35.4 Å². The molecule has 1 nitrogen and oxygen atoms in total. The zero-order valence-electron chi connectivity index (χ0n) is 13.5. The van der Waals surface area contributed by atoms with Crippen LogP contribution in [0.1, 0.15) is 76.5 Å². The van der Waals surface area contributed by atoms with Gasteiger partial charge in [-0.2, -0.15) is 0 Å². The third kappa shape index (κ3) is 4.34. The fourth-order valence-electron chi connectivity index (χ4n) is 3.44. The molecule has 1 aromatic carbocycles. The number of nitrogens with one attached hydrogen (secondary N) is 1. The summed E-state index contributed by atoms with van der Waals surface area (Å²) in [5.74, 6) is 0.890. The Morgan fingerprint density at radius 1 is 1.10 bits per heavy atom. The van der Waals surface area contributed by atoms with E-state index in [4.69, 9.17) is 0 Å². The topological polar surface area (TPSA) is 12.0 Å². The van der Waals surface area contributed by atoms with Crippen molar-refractivity contribution in [3.63, 3.8) is 0 Å². The first kappa shape index (κ1) is 15.6. The molecule has 0 spiro atoms. The van der Waals surface area contributed by atoms with Crippen LogP contribution in [0.3, 0.4) is 0 Å². The van der Waals surface area contributed by atoms with Gasteiger partial charge in [-0.25, -0.2) is 0 Å². The molecule has 1 saturated carbocycles. The zero-order chi connectivity index (χ0) is 14.4. The average Bonchev–Trinajstić information content (AvgIpc) is 3.00. The lowest BCUT2D eigenvalue weighted by molar-refractivity contribution is 0.352. The van der Waals surface area contributed by atoms with Crippen LogP contribution in [0.5, 0.6) is 0 Å². The fraction of sp³-hybridized carbons (Fsp3) is 0.684. The van der Waals surface area contributed by atoms with E-state index in [1.165, 1.54) is 56.1 Å². The highest BCUT2D eigenvalue weighted by molar-refractivity contribution is 5.25. The van der Waals surface area contributed by atoms with Gasteiger partial charge in [-0.15, -0.1) is 0 Å². The van der Waals surface area contributed by atoms with Gasteiger partial charge < -0.3 is 5.32 Å². The fourth-order valence-corrected chi connectivity index (χ4v) is 3.44. The maximum atomic E-state index is 3.80. The lowest BCUT2D eigenvalue weighted by Crippen LogP contribution is -2.34. The molecule has 0 aliphatic heterocycles. The van der Waals surface area contributed by atoms with E-state index in [2.05, 4.69) is 50.4 Å². The minimum absolute atomic E-state index is 0.464. The monoisotopic (exact) mass is 273 g/mol. The maximum Gasteiger partial charge on any atom is 0.0294 e. The van der Waals surface area contributed by atoms with Crippen molar-refractivity contribution in [2.45, 2.75) is 77.8 Å². The van der Waals surface area contributed by atoms with Crippen molar-refractivity contribution in [2.24, 2.45) is 5.92 Å². The van der Waals surface area contributed by atoms with Gasteiger partial charge in [-0.05, 0) is 56.6 Å². The number of rotatable bonds is 7. The second-order valence-electron chi connectivity index (χ2n) is 6.57. The minimum Gasteiger partial charge on any atom is -0.307 e. The molecule has 0 radical (unpaired) electrons. The van der Waals surface area contributed by atoms with E-state index < -0.39 is 0 Å². The molecule has 1 N–H and O–H groups in total. The van der Waals surface area contributed by atoms with Gasteiger partial charge in [0.05, 0.1) is 0 Å². The van der Waals surface area contributed by atoms with Crippen molar-refractivity contribution in [1.82, 2.24) is 5.32 Å². The highest BCUT2D eigenvalue weighted by Crippen LogP contribution is 2.28. The number of hydrogen-bond acceptors (Lipinski definition) is 1. The third-order valence-corrected chi connectivity index (χ3v) is 4.92. The van der Waals surface area contributed by atoms with Crippen LogP contribution in [0.25, 0.3) is 0 Å². The lowest BCUT2D eigenvalue weighted by Gasteiger charge is -2.25. The van der Waals surface area contributed by atoms with Gasteiger partial charge >= 0.3 is 0 Å². The normalized spacial score (nSPS) is 19.1. The van der Waals surface area contributed by atoms with Crippen molar-refractivity contribution in [2.75, 3.05) is 0 Å². The molecule has 2 unspecified atom stereocenters. The molecule has 1 aromatic rings. The Bertz CT molecular complexity index is 375. The second-order valence-corrected chi connectivity index (χ2v) is 6.57. The van der Waals surface area contributed by atoms with E-state index in [-0.39, 0.29) is 0 Å². The minimum atomic E-state index is 0.464. The van der Waals surface area contributed by atoms with Gasteiger partial charge in [0, 0.05) is 12.1 Å². The molecule has 2 atom stereocenters. The summed E-state index contributed by atoms with van der Waals surface area (Å²) < 4.78 is 0. The second kappa shape index (κ2) is 7.83. The summed E-state index contributed by atoms with van der Waals surface area (Å²) in [6.45, 7) is 6.92. The lowest BCUT2D eigenvalue weighted by atomic mass is 9.97. The number of benzene rings is 1. The average molecular weight is 273 g/mol. The summed E-state index contributed by atoms with van der Waals surface area (Å²) >= 11 is 0. The third-order valence-electron chi connectivity index (χ3n) is 4.92.